The Bertz CT molecular complexity index is 383. The molecule has 0 amide bonds. The molecular weight excluding hydrogens is 230 g/mol. The third-order valence-electron chi connectivity index (χ3n) is 3.99. The van der Waals surface area contributed by atoms with Gasteiger partial charge in [-0.1, -0.05) is 37.3 Å². The van der Waals surface area contributed by atoms with Crippen LogP contribution in [0.1, 0.15) is 24.9 Å². The van der Waals surface area contributed by atoms with Crippen LogP contribution in [0.15, 0.2) is 30.3 Å². The van der Waals surface area contributed by atoms with Crippen LogP contribution >= 0.6 is 11.8 Å². The van der Waals surface area contributed by atoms with Gasteiger partial charge in [0.25, 0.3) is 0 Å². The lowest BCUT2D eigenvalue weighted by Gasteiger charge is -2.44. The molecule has 0 aliphatic carbocycles. The summed E-state index contributed by atoms with van der Waals surface area (Å²) >= 11 is 2.04. The third-order valence-corrected chi connectivity index (χ3v) is 5.33. The maximum Gasteiger partial charge on any atom is 0.0999 e. The molecule has 2 fully saturated rings. The van der Waals surface area contributed by atoms with E-state index in [1.807, 2.05) is 11.8 Å². The summed E-state index contributed by atoms with van der Waals surface area (Å²) < 4.78 is 6.22. The van der Waals surface area contributed by atoms with Crippen LogP contribution in [0.3, 0.4) is 0 Å². The standard InChI is InChI=1S/C14H19NOS/c1-11-14(7-10-17-11)13(15-8-9-16-14)12-5-3-2-4-6-12/h2-6,11,13,15H,7-10H2,1H3. The number of hydrogen-bond acceptors (Lipinski definition) is 3. The van der Waals surface area contributed by atoms with Gasteiger partial charge in [0.2, 0.25) is 0 Å². The van der Waals surface area contributed by atoms with Crippen molar-refractivity contribution in [3.63, 3.8) is 0 Å². The van der Waals surface area contributed by atoms with E-state index in [0.29, 0.717) is 11.3 Å². The monoisotopic (exact) mass is 249 g/mol. The first kappa shape index (κ1) is 11.6. The molecule has 0 aromatic heterocycles. The molecule has 0 saturated carbocycles. The van der Waals surface area contributed by atoms with E-state index in [4.69, 9.17) is 4.74 Å². The van der Waals surface area contributed by atoms with E-state index in [2.05, 4.69) is 42.6 Å². The zero-order valence-electron chi connectivity index (χ0n) is 10.2. The van der Waals surface area contributed by atoms with Crippen molar-refractivity contribution in [2.75, 3.05) is 18.9 Å². The zero-order valence-corrected chi connectivity index (χ0v) is 11.0. The van der Waals surface area contributed by atoms with Gasteiger partial charge in [-0.3, -0.25) is 0 Å². The number of nitrogens with one attached hydrogen (secondary N) is 1. The van der Waals surface area contributed by atoms with Gasteiger partial charge in [-0.15, -0.1) is 0 Å². The first-order valence-electron chi connectivity index (χ1n) is 6.37. The fourth-order valence-electron chi connectivity index (χ4n) is 3.05. The molecule has 1 aromatic carbocycles. The molecule has 2 aliphatic heterocycles. The van der Waals surface area contributed by atoms with Crippen molar-refractivity contribution in [3.8, 4) is 0 Å². The molecule has 17 heavy (non-hydrogen) atoms. The van der Waals surface area contributed by atoms with E-state index < -0.39 is 0 Å². The Balaban J connectivity index is 1.96. The van der Waals surface area contributed by atoms with E-state index in [0.717, 1.165) is 19.6 Å². The Morgan fingerprint density at radius 3 is 2.88 bits per heavy atom. The largest absolute Gasteiger partial charge is 0.371 e. The minimum Gasteiger partial charge on any atom is -0.371 e. The molecule has 2 aliphatic rings. The van der Waals surface area contributed by atoms with Crippen molar-refractivity contribution in [1.82, 2.24) is 5.32 Å². The molecule has 0 radical (unpaired) electrons. The van der Waals surface area contributed by atoms with Gasteiger partial charge in [0.15, 0.2) is 0 Å². The fourth-order valence-corrected chi connectivity index (χ4v) is 4.45. The smallest absolute Gasteiger partial charge is 0.0999 e. The van der Waals surface area contributed by atoms with Gasteiger partial charge in [-0.25, -0.2) is 0 Å². The van der Waals surface area contributed by atoms with Crippen LogP contribution in [0.25, 0.3) is 0 Å². The quantitative estimate of drug-likeness (QED) is 0.826. The third kappa shape index (κ3) is 1.90. The van der Waals surface area contributed by atoms with Crippen molar-refractivity contribution in [3.05, 3.63) is 35.9 Å². The van der Waals surface area contributed by atoms with Gasteiger partial charge in [-0.2, -0.15) is 11.8 Å². The molecule has 3 rings (SSSR count). The van der Waals surface area contributed by atoms with E-state index in [1.165, 1.54) is 11.3 Å². The molecule has 1 spiro atoms. The number of morpholine rings is 1. The summed E-state index contributed by atoms with van der Waals surface area (Å²) in [6.07, 6.45) is 1.16. The normalized spacial score (nSPS) is 37.5. The summed E-state index contributed by atoms with van der Waals surface area (Å²) in [5, 5.41) is 4.23. The van der Waals surface area contributed by atoms with Crippen molar-refractivity contribution in [2.45, 2.75) is 30.2 Å². The highest BCUT2D eigenvalue weighted by Crippen LogP contribution is 2.47. The van der Waals surface area contributed by atoms with Gasteiger partial charge in [0.1, 0.15) is 0 Å². The highest BCUT2D eigenvalue weighted by Gasteiger charge is 2.50. The summed E-state index contributed by atoms with van der Waals surface area (Å²) in [4.78, 5) is 0. The average Bonchev–Trinajstić information content (AvgIpc) is 2.73. The van der Waals surface area contributed by atoms with Gasteiger partial charge in [0.05, 0.1) is 18.2 Å². The van der Waals surface area contributed by atoms with Gasteiger partial charge in [-0.05, 0) is 17.7 Å². The highest BCUT2D eigenvalue weighted by atomic mass is 32.2. The van der Waals surface area contributed by atoms with Crippen molar-refractivity contribution < 1.29 is 4.74 Å². The van der Waals surface area contributed by atoms with Crippen LogP contribution in [-0.2, 0) is 4.74 Å². The molecule has 3 unspecified atom stereocenters. The number of thioether (sulfide) groups is 1. The first-order valence-corrected chi connectivity index (χ1v) is 7.42. The predicted octanol–water partition coefficient (Wildman–Crippen LogP) is 2.61. The summed E-state index contributed by atoms with van der Waals surface area (Å²) in [6, 6.07) is 11.1. The minimum atomic E-state index is 0.00424. The Morgan fingerprint density at radius 2 is 2.18 bits per heavy atom. The Hall–Kier alpha value is -0.510. The van der Waals surface area contributed by atoms with Gasteiger partial charge < -0.3 is 10.1 Å². The highest BCUT2D eigenvalue weighted by molar-refractivity contribution is 8.00. The maximum atomic E-state index is 6.22. The van der Waals surface area contributed by atoms with Crippen molar-refractivity contribution >= 4 is 11.8 Å². The Labute approximate surface area is 107 Å². The van der Waals surface area contributed by atoms with Crippen LogP contribution < -0.4 is 5.32 Å². The fraction of sp³-hybridized carbons (Fsp3) is 0.571. The molecule has 1 N–H and O–H groups in total. The van der Waals surface area contributed by atoms with E-state index in [1.54, 1.807) is 0 Å². The minimum absolute atomic E-state index is 0.00424. The molecule has 92 valence electrons. The lowest BCUT2D eigenvalue weighted by Crippen LogP contribution is -2.55. The van der Waals surface area contributed by atoms with Crippen LogP contribution in [0.2, 0.25) is 0 Å². The summed E-state index contributed by atoms with van der Waals surface area (Å²) in [5.41, 5.74) is 1.37. The number of rotatable bonds is 1. The van der Waals surface area contributed by atoms with Crippen LogP contribution in [0.4, 0.5) is 0 Å². The van der Waals surface area contributed by atoms with E-state index in [-0.39, 0.29) is 5.60 Å². The summed E-state index contributed by atoms with van der Waals surface area (Å²) in [5.74, 6) is 1.21. The molecular formula is C14H19NOS. The van der Waals surface area contributed by atoms with Crippen LogP contribution in [-0.4, -0.2) is 29.8 Å². The average molecular weight is 249 g/mol. The second kappa shape index (κ2) is 4.63. The summed E-state index contributed by atoms with van der Waals surface area (Å²) in [7, 11) is 0. The second-order valence-corrected chi connectivity index (χ2v) is 6.31. The summed E-state index contributed by atoms with van der Waals surface area (Å²) in [6.45, 7) is 4.10. The molecule has 2 saturated heterocycles. The molecule has 2 heterocycles. The maximum absolute atomic E-state index is 6.22. The Morgan fingerprint density at radius 1 is 1.35 bits per heavy atom. The lowest BCUT2D eigenvalue weighted by atomic mass is 9.82. The van der Waals surface area contributed by atoms with Crippen molar-refractivity contribution in [2.24, 2.45) is 0 Å². The SMILES string of the molecule is CC1SCCC12OCCNC2c1ccccc1. The number of hydrogen-bond donors (Lipinski definition) is 1. The van der Waals surface area contributed by atoms with Gasteiger partial charge >= 0.3 is 0 Å². The first-order chi connectivity index (χ1) is 8.33. The molecule has 3 heteroatoms. The number of ether oxygens (including phenoxy) is 1. The van der Waals surface area contributed by atoms with E-state index >= 15 is 0 Å². The Kier molecular flexibility index (Phi) is 3.16. The van der Waals surface area contributed by atoms with Crippen LogP contribution in [0.5, 0.6) is 0 Å². The molecule has 1 aromatic rings. The van der Waals surface area contributed by atoms with Crippen LogP contribution in [0, 0.1) is 0 Å². The molecule has 3 atom stereocenters. The van der Waals surface area contributed by atoms with Crippen molar-refractivity contribution in [1.29, 1.82) is 0 Å². The molecule has 0 bridgehead atoms. The predicted molar refractivity (Wildman–Crippen MR) is 72.4 cm³/mol. The van der Waals surface area contributed by atoms with Gasteiger partial charge in [0, 0.05) is 11.8 Å². The molecule has 2 nitrogen and oxygen atoms in total. The topological polar surface area (TPSA) is 21.3 Å². The zero-order chi connectivity index (χ0) is 11.7. The van der Waals surface area contributed by atoms with E-state index in [9.17, 15) is 0 Å². The number of benzene rings is 1. The lowest BCUT2D eigenvalue weighted by molar-refractivity contribution is -0.0939. The second-order valence-electron chi connectivity index (χ2n) is 4.86.